The van der Waals surface area contributed by atoms with E-state index in [1.807, 2.05) is 68.4 Å². The molecule has 3 aromatic carbocycles. The fraction of sp³-hybridized carbons (Fsp3) is 0.441. The molecule has 3 N–H and O–H groups in total. The minimum atomic E-state index is -0.629. The van der Waals surface area contributed by atoms with E-state index in [0.717, 1.165) is 41.2 Å². The first kappa shape index (κ1) is 31.5. The number of hydrogen-bond donors (Lipinski definition) is 3. The Kier molecular flexibility index (Phi) is 11.4. The summed E-state index contributed by atoms with van der Waals surface area (Å²) in [7, 11) is 0. The minimum Gasteiger partial charge on any atom is -0.491 e. The highest BCUT2D eigenvalue weighted by atomic mass is 16.7. The number of ether oxygens (including phenoxy) is 4. The largest absolute Gasteiger partial charge is 0.491 e. The zero-order chi connectivity index (χ0) is 30.0. The molecule has 1 heterocycles. The van der Waals surface area contributed by atoms with Crippen LogP contribution in [-0.2, 0) is 29.1 Å². The van der Waals surface area contributed by atoms with Crippen LogP contribution in [0.5, 0.6) is 11.5 Å². The van der Waals surface area contributed by atoms with E-state index in [9.17, 15) is 9.90 Å². The molecule has 42 heavy (non-hydrogen) atoms. The third-order valence-electron chi connectivity index (χ3n) is 6.88. The molecule has 1 atom stereocenters. The molecule has 0 aromatic heterocycles. The molecule has 4 rings (SSSR count). The molecular formula is C34H44N2O6. The predicted molar refractivity (Wildman–Crippen MR) is 163 cm³/mol. The molecule has 8 heteroatoms. The van der Waals surface area contributed by atoms with Gasteiger partial charge in [0.25, 0.3) is 5.91 Å². The van der Waals surface area contributed by atoms with Crippen molar-refractivity contribution >= 4 is 5.91 Å². The van der Waals surface area contributed by atoms with E-state index >= 15 is 0 Å². The van der Waals surface area contributed by atoms with Crippen molar-refractivity contribution in [1.82, 2.24) is 10.6 Å². The number of aliphatic hydroxyl groups excluding tert-OH is 1. The molecule has 1 aliphatic rings. The van der Waals surface area contributed by atoms with E-state index in [1.54, 1.807) is 0 Å². The number of nitrogens with one attached hydrogen (secondary N) is 2. The second-order valence-corrected chi connectivity index (χ2v) is 11.5. The number of aliphatic hydroxyl groups is 1. The first-order valence-corrected chi connectivity index (χ1v) is 14.7. The molecule has 3 aromatic rings. The van der Waals surface area contributed by atoms with Crippen molar-refractivity contribution < 1.29 is 28.8 Å². The Morgan fingerprint density at radius 3 is 2.60 bits per heavy atom. The Morgan fingerprint density at radius 1 is 1.00 bits per heavy atom. The van der Waals surface area contributed by atoms with Crippen LogP contribution in [-0.4, -0.2) is 49.6 Å². The number of hydrogen-bond acceptors (Lipinski definition) is 7. The third-order valence-corrected chi connectivity index (χ3v) is 6.88. The van der Waals surface area contributed by atoms with Crippen LogP contribution in [0, 0.1) is 5.92 Å². The van der Waals surface area contributed by atoms with Gasteiger partial charge in [-0.25, -0.2) is 0 Å². The van der Waals surface area contributed by atoms with Crippen LogP contribution < -0.4 is 20.1 Å². The lowest BCUT2D eigenvalue weighted by atomic mass is 10.0. The number of carbonyl (C=O) groups excluding carboxylic acids is 1. The quantitative estimate of drug-likeness (QED) is 0.215. The van der Waals surface area contributed by atoms with Crippen molar-refractivity contribution in [2.24, 2.45) is 5.92 Å². The second kappa shape index (κ2) is 15.2. The van der Waals surface area contributed by atoms with Gasteiger partial charge < -0.3 is 34.7 Å². The average molecular weight is 577 g/mol. The van der Waals surface area contributed by atoms with Crippen molar-refractivity contribution in [3.05, 3.63) is 94.5 Å². The number of amides is 1. The molecule has 0 aliphatic carbocycles. The van der Waals surface area contributed by atoms with Crippen molar-refractivity contribution in [1.29, 1.82) is 0 Å². The van der Waals surface area contributed by atoms with Gasteiger partial charge in [-0.15, -0.1) is 0 Å². The monoisotopic (exact) mass is 576 g/mol. The van der Waals surface area contributed by atoms with Gasteiger partial charge in [0.15, 0.2) is 0 Å². The van der Waals surface area contributed by atoms with Gasteiger partial charge in [-0.2, -0.15) is 0 Å². The molecule has 0 spiro atoms. The minimum absolute atomic E-state index is 0.0630. The Balaban J connectivity index is 1.10. The smallest absolute Gasteiger partial charge is 0.251 e. The Bertz CT molecular complexity index is 1290. The Morgan fingerprint density at radius 2 is 1.81 bits per heavy atom. The van der Waals surface area contributed by atoms with E-state index in [-0.39, 0.29) is 5.91 Å². The summed E-state index contributed by atoms with van der Waals surface area (Å²) >= 11 is 0. The average Bonchev–Trinajstić information content (AvgIpc) is 2.98. The van der Waals surface area contributed by atoms with Crippen LogP contribution in [0.2, 0.25) is 0 Å². The highest BCUT2D eigenvalue weighted by Crippen LogP contribution is 2.32. The highest BCUT2D eigenvalue weighted by Gasteiger charge is 2.27. The lowest BCUT2D eigenvalue weighted by Gasteiger charge is -2.33. The Hall–Kier alpha value is -3.43. The van der Waals surface area contributed by atoms with E-state index in [4.69, 9.17) is 18.9 Å². The van der Waals surface area contributed by atoms with E-state index < -0.39 is 11.9 Å². The van der Waals surface area contributed by atoms with Crippen LogP contribution in [0.15, 0.2) is 66.7 Å². The number of fused-ring (bicyclic) bond motifs is 1. The first-order valence-electron chi connectivity index (χ1n) is 14.7. The molecule has 1 aliphatic heterocycles. The van der Waals surface area contributed by atoms with Gasteiger partial charge in [-0.05, 0) is 72.0 Å². The van der Waals surface area contributed by atoms with Crippen molar-refractivity contribution in [3.8, 4) is 11.5 Å². The highest BCUT2D eigenvalue weighted by molar-refractivity contribution is 5.94. The van der Waals surface area contributed by atoms with E-state index in [1.165, 1.54) is 5.56 Å². The summed E-state index contributed by atoms with van der Waals surface area (Å²) in [5.74, 6) is 1.31. The maximum absolute atomic E-state index is 12.3. The molecule has 0 radical (unpaired) electrons. The van der Waals surface area contributed by atoms with Crippen LogP contribution in [0.1, 0.15) is 66.4 Å². The van der Waals surface area contributed by atoms with Crippen LogP contribution in [0.4, 0.5) is 0 Å². The fourth-order valence-electron chi connectivity index (χ4n) is 4.52. The topological polar surface area (TPSA) is 98.3 Å². The maximum Gasteiger partial charge on any atom is 0.251 e. The second-order valence-electron chi connectivity index (χ2n) is 11.5. The van der Waals surface area contributed by atoms with Gasteiger partial charge in [0.1, 0.15) is 18.1 Å². The summed E-state index contributed by atoms with van der Waals surface area (Å²) in [6.07, 6.45) is 0.229. The normalized spacial score (nSPS) is 14.6. The molecule has 1 amide bonds. The first-order chi connectivity index (χ1) is 20.2. The SMILES string of the molecule is CC(C)CNC(=O)c1cccc(COCCOc2ccc(CCNC[C@H](O)c3ccc4c(c3)COC(C)(C)O4)cc2)c1. The fourth-order valence-corrected chi connectivity index (χ4v) is 4.52. The molecular weight excluding hydrogens is 532 g/mol. The van der Waals surface area contributed by atoms with Crippen LogP contribution in [0.25, 0.3) is 0 Å². The van der Waals surface area contributed by atoms with Gasteiger partial charge in [-0.3, -0.25) is 4.79 Å². The summed E-state index contributed by atoms with van der Waals surface area (Å²) in [5.41, 5.74) is 4.58. The molecule has 0 saturated carbocycles. The molecule has 226 valence electrons. The van der Waals surface area contributed by atoms with E-state index in [0.29, 0.717) is 51.0 Å². The van der Waals surface area contributed by atoms with Crippen LogP contribution >= 0.6 is 0 Å². The maximum atomic E-state index is 12.3. The molecule has 0 unspecified atom stereocenters. The standard InChI is InChI=1S/C34H44N2O6/c1-24(2)20-36-33(38)28-7-5-6-26(18-28)22-39-16-17-40-30-11-8-25(9-12-30)14-15-35-21-31(37)27-10-13-32-29(19-27)23-41-34(3,4)42-32/h5-13,18-19,24,31,35,37H,14-17,20-23H2,1-4H3,(H,36,38)/t31-/m0/s1. The van der Waals surface area contributed by atoms with Crippen LogP contribution in [0.3, 0.4) is 0 Å². The summed E-state index contributed by atoms with van der Waals surface area (Å²) in [5, 5.41) is 16.9. The Labute approximate surface area is 249 Å². The molecule has 0 bridgehead atoms. The number of rotatable bonds is 15. The lowest BCUT2D eigenvalue weighted by Crippen LogP contribution is -2.35. The van der Waals surface area contributed by atoms with Crippen molar-refractivity contribution in [2.45, 2.75) is 59.2 Å². The third kappa shape index (κ3) is 9.84. The number of carbonyl (C=O) groups is 1. The van der Waals surface area contributed by atoms with Crippen molar-refractivity contribution in [3.63, 3.8) is 0 Å². The van der Waals surface area contributed by atoms with Gasteiger partial charge in [0, 0.05) is 38.1 Å². The van der Waals surface area contributed by atoms with Gasteiger partial charge in [-0.1, -0.05) is 44.2 Å². The number of benzene rings is 3. The van der Waals surface area contributed by atoms with Gasteiger partial charge >= 0.3 is 0 Å². The summed E-state index contributed by atoms with van der Waals surface area (Å²) in [4.78, 5) is 12.3. The predicted octanol–water partition coefficient (Wildman–Crippen LogP) is 5.18. The molecule has 0 fully saturated rings. The van der Waals surface area contributed by atoms with Crippen molar-refractivity contribution in [2.75, 3.05) is 32.8 Å². The zero-order valence-corrected chi connectivity index (χ0v) is 25.2. The lowest BCUT2D eigenvalue weighted by molar-refractivity contribution is -0.180. The molecule has 8 nitrogen and oxygen atoms in total. The van der Waals surface area contributed by atoms with Gasteiger partial charge in [0.05, 0.1) is 25.9 Å². The molecule has 0 saturated heterocycles. The zero-order valence-electron chi connectivity index (χ0n) is 25.2. The van der Waals surface area contributed by atoms with Gasteiger partial charge in [0.2, 0.25) is 5.79 Å². The summed E-state index contributed by atoms with van der Waals surface area (Å²) in [6.45, 7) is 11.5. The summed E-state index contributed by atoms with van der Waals surface area (Å²) < 4.78 is 23.1. The summed E-state index contributed by atoms with van der Waals surface area (Å²) in [6, 6.07) is 21.3. The van der Waals surface area contributed by atoms with E-state index in [2.05, 4.69) is 36.6 Å².